The fourth-order valence-electron chi connectivity index (χ4n) is 1.63. The Bertz CT molecular complexity index is 513. The summed E-state index contributed by atoms with van der Waals surface area (Å²) in [4.78, 5) is 12.9. The summed E-state index contributed by atoms with van der Waals surface area (Å²) in [5.74, 6) is 0.700. The number of hydrogen-bond acceptors (Lipinski definition) is 3. The molecule has 1 saturated carbocycles. The van der Waals surface area contributed by atoms with Crippen molar-refractivity contribution in [3.05, 3.63) is 27.8 Å². The van der Waals surface area contributed by atoms with Gasteiger partial charge in [0.1, 0.15) is 14.9 Å². The van der Waals surface area contributed by atoms with Crippen LogP contribution in [0.2, 0.25) is 0 Å². The molecule has 0 radical (unpaired) electrons. The van der Waals surface area contributed by atoms with Crippen LogP contribution >= 0.6 is 31.9 Å². The van der Waals surface area contributed by atoms with Crippen LogP contribution in [0.1, 0.15) is 18.9 Å². The third kappa shape index (κ3) is 1.91. The van der Waals surface area contributed by atoms with Crippen LogP contribution in [0.15, 0.2) is 27.8 Å². The largest absolute Gasteiger partial charge is 0.325 e. The first-order valence-electron chi connectivity index (χ1n) is 4.96. The van der Waals surface area contributed by atoms with Crippen molar-refractivity contribution < 1.29 is 0 Å². The van der Waals surface area contributed by atoms with E-state index in [9.17, 15) is 0 Å². The maximum atomic E-state index is 4.36. The van der Waals surface area contributed by atoms with Crippen molar-refractivity contribution in [1.82, 2.24) is 19.5 Å². The average Bonchev–Trinajstić information content (AvgIpc) is 2.94. The van der Waals surface area contributed by atoms with Gasteiger partial charge >= 0.3 is 0 Å². The topological polar surface area (TPSA) is 43.6 Å². The van der Waals surface area contributed by atoms with Crippen LogP contribution in [0.3, 0.4) is 0 Å². The van der Waals surface area contributed by atoms with Crippen LogP contribution in [-0.2, 0) is 0 Å². The summed E-state index contributed by atoms with van der Waals surface area (Å²) in [6.45, 7) is 0. The Morgan fingerprint density at radius 1 is 1.19 bits per heavy atom. The van der Waals surface area contributed by atoms with Gasteiger partial charge in [-0.1, -0.05) is 0 Å². The van der Waals surface area contributed by atoms with Crippen molar-refractivity contribution >= 4 is 31.9 Å². The highest BCUT2D eigenvalue weighted by Gasteiger charge is 2.26. The Morgan fingerprint density at radius 2 is 1.88 bits per heavy atom. The Labute approximate surface area is 109 Å². The molecule has 0 bridgehead atoms. The summed E-state index contributed by atoms with van der Waals surface area (Å²) in [5, 5.41) is 0. The third-order valence-electron chi connectivity index (χ3n) is 2.50. The van der Waals surface area contributed by atoms with Gasteiger partial charge in [0.15, 0.2) is 5.82 Å². The first-order valence-corrected chi connectivity index (χ1v) is 6.55. The van der Waals surface area contributed by atoms with Gasteiger partial charge in [-0.3, -0.25) is 0 Å². The zero-order valence-electron chi connectivity index (χ0n) is 8.27. The van der Waals surface area contributed by atoms with E-state index in [2.05, 4.69) is 51.4 Å². The lowest BCUT2D eigenvalue weighted by Gasteiger charge is -2.05. The smallest absolute Gasteiger partial charge is 0.179 e. The second kappa shape index (κ2) is 3.92. The van der Waals surface area contributed by atoms with Gasteiger partial charge in [0.05, 0.1) is 12.5 Å². The Morgan fingerprint density at radius 3 is 2.50 bits per heavy atom. The van der Waals surface area contributed by atoms with Gasteiger partial charge < -0.3 is 4.57 Å². The van der Waals surface area contributed by atoms with E-state index in [-0.39, 0.29) is 0 Å². The normalized spacial score (nSPS) is 15.4. The lowest BCUT2D eigenvalue weighted by molar-refractivity contribution is 0.742. The van der Waals surface area contributed by atoms with Crippen molar-refractivity contribution in [1.29, 1.82) is 0 Å². The van der Waals surface area contributed by atoms with E-state index in [4.69, 9.17) is 0 Å². The average molecular weight is 344 g/mol. The summed E-state index contributed by atoms with van der Waals surface area (Å²) in [6, 6.07) is 2.40. The summed E-state index contributed by atoms with van der Waals surface area (Å²) in [5.41, 5.74) is 0.976. The number of aromatic nitrogens is 4. The molecule has 2 aromatic heterocycles. The van der Waals surface area contributed by atoms with E-state index in [0.29, 0.717) is 11.9 Å². The van der Waals surface area contributed by atoms with Crippen molar-refractivity contribution in [2.45, 2.75) is 18.9 Å². The third-order valence-corrected chi connectivity index (χ3v) is 3.31. The van der Waals surface area contributed by atoms with E-state index < -0.39 is 0 Å². The fraction of sp³-hybridized carbons (Fsp3) is 0.300. The Balaban J connectivity index is 2.10. The lowest BCUT2D eigenvalue weighted by atomic mass is 10.4. The molecule has 0 N–H and O–H groups in total. The first-order chi connectivity index (χ1) is 7.74. The van der Waals surface area contributed by atoms with Crippen molar-refractivity contribution in [2.24, 2.45) is 0 Å². The molecule has 0 saturated heterocycles. The van der Waals surface area contributed by atoms with Gasteiger partial charge in [-0.15, -0.1) is 0 Å². The highest BCUT2D eigenvalue weighted by Crippen LogP contribution is 2.37. The van der Waals surface area contributed by atoms with E-state index >= 15 is 0 Å². The molecule has 0 unspecified atom stereocenters. The molecule has 1 fully saturated rings. The molecule has 0 spiro atoms. The second-order valence-electron chi connectivity index (χ2n) is 3.75. The maximum Gasteiger partial charge on any atom is 0.179 e. The molecule has 2 heterocycles. The number of halogens is 2. The van der Waals surface area contributed by atoms with Crippen LogP contribution in [0, 0.1) is 0 Å². The minimum atomic E-state index is 0.582. The van der Waals surface area contributed by atoms with Crippen LogP contribution in [0.5, 0.6) is 0 Å². The molecule has 4 nitrogen and oxygen atoms in total. The SMILES string of the molecule is Brc1cc(Br)nc(-c2cncn2C2CC2)n1. The Kier molecular flexibility index (Phi) is 2.55. The van der Waals surface area contributed by atoms with Gasteiger partial charge in [0, 0.05) is 12.1 Å². The molecule has 0 aliphatic heterocycles. The maximum absolute atomic E-state index is 4.36. The summed E-state index contributed by atoms with van der Waals surface area (Å²) in [6.07, 6.45) is 6.11. The van der Waals surface area contributed by atoms with Gasteiger partial charge in [-0.05, 0) is 44.7 Å². The van der Waals surface area contributed by atoms with Gasteiger partial charge in [0.25, 0.3) is 0 Å². The molecule has 82 valence electrons. The predicted molar refractivity (Wildman–Crippen MR) is 66.9 cm³/mol. The summed E-state index contributed by atoms with van der Waals surface area (Å²) >= 11 is 6.73. The molecule has 1 aliphatic rings. The van der Waals surface area contributed by atoms with Crippen molar-refractivity contribution in [3.8, 4) is 11.5 Å². The first kappa shape index (κ1) is 10.4. The molecule has 3 rings (SSSR count). The number of hydrogen-bond donors (Lipinski definition) is 0. The minimum absolute atomic E-state index is 0.582. The highest BCUT2D eigenvalue weighted by atomic mass is 79.9. The van der Waals surface area contributed by atoms with Gasteiger partial charge in [0.2, 0.25) is 0 Å². The number of nitrogens with zero attached hydrogens (tertiary/aromatic N) is 4. The van der Waals surface area contributed by atoms with E-state index in [1.54, 1.807) is 0 Å². The van der Waals surface area contributed by atoms with Crippen LogP contribution in [-0.4, -0.2) is 19.5 Å². The van der Waals surface area contributed by atoms with Crippen LogP contribution in [0.4, 0.5) is 0 Å². The fourth-order valence-corrected chi connectivity index (χ4v) is 2.70. The van der Waals surface area contributed by atoms with E-state index in [1.807, 2.05) is 18.6 Å². The molecule has 0 aromatic carbocycles. The Hall–Kier alpha value is -0.750. The molecule has 6 heteroatoms. The molecular formula is C10H8Br2N4. The van der Waals surface area contributed by atoms with Crippen molar-refractivity contribution in [3.63, 3.8) is 0 Å². The molecule has 16 heavy (non-hydrogen) atoms. The van der Waals surface area contributed by atoms with Crippen LogP contribution < -0.4 is 0 Å². The summed E-state index contributed by atoms with van der Waals surface area (Å²) < 4.78 is 3.69. The standard InChI is InChI=1S/C10H8Br2N4/c11-8-3-9(12)15-10(14-8)7-4-13-5-16(7)6-1-2-6/h3-6H,1-2H2. The molecule has 0 amide bonds. The number of imidazole rings is 1. The monoisotopic (exact) mass is 342 g/mol. The highest BCUT2D eigenvalue weighted by molar-refractivity contribution is 9.11. The van der Waals surface area contributed by atoms with Crippen LogP contribution in [0.25, 0.3) is 11.5 Å². The minimum Gasteiger partial charge on any atom is -0.325 e. The molecule has 2 aromatic rings. The molecule has 1 aliphatic carbocycles. The predicted octanol–water partition coefficient (Wildman–Crippen LogP) is 3.20. The second-order valence-corrected chi connectivity index (χ2v) is 5.38. The zero-order chi connectivity index (χ0) is 11.1. The van der Waals surface area contributed by atoms with E-state index in [0.717, 1.165) is 14.9 Å². The zero-order valence-corrected chi connectivity index (χ0v) is 11.4. The lowest BCUT2D eigenvalue weighted by Crippen LogP contribution is -1.98. The number of rotatable bonds is 2. The van der Waals surface area contributed by atoms with Crippen molar-refractivity contribution in [2.75, 3.05) is 0 Å². The molecular weight excluding hydrogens is 336 g/mol. The van der Waals surface area contributed by atoms with Gasteiger partial charge in [-0.25, -0.2) is 15.0 Å². The summed E-state index contributed by atoms with van der Waals surface area (Å²) in [7, 11) is 0. The quantitative estimate of drug-likeness (QED) is 0.786. The van der Waals surface area contributed by atoms with E-state index in [1.165, 1.54) is 12.8 Å². The van der Waals surface area contributed by atoms with Gasteiger partial charge in [-0.2, -0.15) is 0 Å². The molecule has 0 atom stereocenters.